The summed E-state index contributed by atoms with van der Waals surface area (Å²) in [6.45, 7) is 0. The molecule has 56 heavy (non-hydrogen) atoms. The largest absolute Gasteiger partial charge is 0.256 e. The van der Waals surface area contributed by atoms with Gasteiger partial charge in [0.15, 0.2) is 17.5 Å². The van der Waals surface area contributed by atoms with E-state index >= 15 is 0 Å². The first-order valence-electron chi connectivity index (χ1n) is 18.9. The standard InChI is InChI=1S/C52H32N4/c1-2-11-34(12-3-1)50-54-51(41-23-22-33-19-10-24-53-49(33)32-41)56-52(55-50)44-28-42(45-20-8-17-39-25-35-13-4-6-15-37(35)30-47(39)45)27-43(29-44)46-21-9-18-40-26-36-14-5-7-16-38(36)31-48(40)46/h1-32H. The van der Waals surface area contributed by atoms with Crippen LogP contribution in [0, 0.1) is 0 Å². The van der Waals surface area contributed by atoms with E-state index in [4.69, 9.17) is 15.0 Å². The smallest absolute Gasteiger partial charge is 0.164 e. The van der Waals surface area contributed by atoms with Gasteiger partial charge in [0.25, 0.3) is 0 Å². The van der Waals surface area contributed by atoms with Crippen molar-refractivity contribution in [1.29, 1.82) is 0 Å². The molecule has 11 aromatic rings. The molecular weight excluding hydrogens is 681 g/mol. The van der Waals surface area contributed by atoms with Gasteiger partial charge in [-0.1, -0.05) is 133 Å². The number of rotatable bonds is 5. The Morgan fingerprint density at radius 3 is 1.36 bits per heavy atom. The van der Waals surface area contributed by atoms with Gasteiger partial charge in [0.1, 0.15) is 0 Å². The Kier molecular flexibility index (Phi) is 7.46. The quantitative estimate of drug-likeness (QED) is 0.167. The van der Waals surface area contributed by atoms with E-state index in [1.165, 1.54) is 43.1 Å². The highest BCUT2D eigenvalue weighted by Crippen LogP contribution is 2.40. The van der Waals surface area contributed by atoms with Crippen LogP contribution < -0.4 is 0 Å². The van der Waals surface area contributed by atoms with Gasteiger partial charge >= 0.3 is 0 Å². The van der Waals surface area contributed by atoms with Crippen molar-refractivity contribution in [3.63, 3.8) is 0 Å². The number of pyridine rings is 1. The average Bonchev–Trinajstić information content (AvgIpc) is 3.27. The second kappa shape index (κ2) is 13.1. The molecule has 0 radical (unpaired) electrons. The fourth-order valence-electron chi connectivity index (χ4n) is 8.06. The fourth-order valence-corrected chi connectivity index (χ4v) is 8.06. The number of hydrogen-bond donors (Lipinski definition) is 0. The number of benzene rings is 9. The van der Waals surface area contributed by atoms with Gasteiger partial charge in [-0.05, 0) is 120 Å². The number of fused-ring (bicyclic) bond motifs is 5. The van der Waals surface area contributed by atoms with Gasteiger partial charge in [-0.15, -0.1) is 0 Å². The molecule has 9 aromatic carbocycles. The van der Waals surface area contributed by atoms with Crippen LogP contribution in [0.5, 0.6) is 0 Å². The molecule has 0 saturated heterocycles. The van der Waals surface area contributed by atoms with Crippen molar-refractivity contribution in [3.8, 4) is 56.4 Å². The molecule has 0 atom stereocenters. The number of hydrogen-bond acceptors (Lipinski definition) is 4. The van der Waals surface area contributed by atoms with Crippen LogP contribution in [0.2, 0.25) is 0 Å². The van der Waals surface area contributed by atoms with Gasteiger partial charge in [0.05, 0.1) is 5.52 Å². The zero-order valence-electron chi connectivity index (χ0n) is 30.3. The molecule has 0 unspecified atom stereocenters. The SMILES string of the molecule is c1ccc(-c2nc(-c3cc(-c4cccc5cc6ccccc6cc45)cc(-c4cccc5cc6ccccc6cc45)c3)nc(-c3ccc4cccnc4c3)n2)cc1. The van der Waals surface area contributed by atoms with E-state index in [2.05, 4.69) is 157 Å². The van der Waals surface area contributed by atoms with Crippen LogP contribution >= 0.6 is 0 Å². The zero-order valence-corrected chi connectivity index (χ0v) is 30.3. The predicted octanol–water partition coefficient (Wildman–Crippen LogP) is 13.4. The lowest BCUT2D eigenvalue weighted by molar-refractivity contribution is 1.07. The maximum Gasteiger partial charge on any atom is 0.164 e. The third-order valence-corrected chi connectivity index (χ3v) is 10.8. The van der Waals surface area contributed by atoms with Crippen molar-refractivity contribution < 1.29 is 0 Å². The molecule has 0 saturated carbocycles. The maximum atomic E-state index is 5.23. The Labute approximate surface area is 323 Å². The molecule has 11 rings (SSSR count). The van der Waals surface area contributed by atoms with Crippen LogP contribution in [-0.2, 0) is 0 Å². The summed E-state index contributed by atoms with van der Waals surface area (Å²) in [5, 5.41) is 10.7. The highest BCUT2D eigenvalue weighted by molar-refractivity contribution is 6.08. The Bertz CT molecular complexity index is 3180. The van der Waals surface area contributed by atoms with Crippen molar-refractivity contribution >= 4 is 54.0 Å². The van der Waals surface area contributed by atoms with Gasteiger partial charge < -0.3 is 0 Å². The third kappa shape index (κ3) is 5.64. The predicted molar refractivity (Wildman–Crippen MR) is 232 cm³/mol. The first-order chi connectivity index (χ1) is 27.7. The normalized spacial score (nSPS) is 11.6. The minimum Gasteiger partial charge on any atom is -0.256 e. The van der Waals surface area contributed by atoms with Crippen molar-refractivity contribution in [2.24, 2.45) is 0 Å². The van der Waals surface area contributed by atoms with E-state index in [1.54, 1.807) is 0 Å². The summed E-state index contributed by atoms with van der Waals surface area (Å²) in [6.07, 6.45) is 1.82. The number of nitrogens with zero attached hydrogens (tertiary/aromatic N) is 4. The molecule has 0 spiro atoms. The van der Waals surface area contributed by atoms with Gasteiger partial charge in [0, 0.05) is 28.3 Å². The Balaban J connectivity index is 1.19. The molecule has 260 valence electrons. The van der Waals surface area contributed by atoms with E-state index < -0.39 is 0 Å². The summed E-state index contributed by atoms with van der Waals surface area (Å²) in [5.74, 6) is 1.82. The molecule has 4 nitrogen and oxygen atoms in total. The first kappa shape index (κ1) is 31.9. The van der Waals surface area contributed by atoms with Crippen LogP contribution in [0.25, 0.3) is 110 Å². The molecule has 2 aromatic heterocycles. The second-order valence-electron chi connectivity index (χ2n) is 14.3. The molecule has 0 aliphatic rings. The first-order valence-corrected chi connectivity index (χ1v) is 18.9. The molecular formula is C52H32N4. The van der Waals surface area contributed by atoms with Crippen molar-refractivity contribution in [1.82, 2.24) is 19.9 Å². The van der Waals surface area contributed by atoms with Gasteiger partial charge in [-0.25, -0.2) is 15.0 Å². The van der Waals surface area contributed by atoms with Crippen LogP contribution in [-0.4, -0.2) is 19.9 Å². The molecule has 2 heterocycles. The number of aromatic nitrogens is 4. The van der Waals surface area contributed by atoms with E-state index in [0.29, 0.717) is 17.5 Å². The summed E-state index contributed by atoms with van der Waals surface area (Å²) < 4.78 is 0. The van der Waals surface area contributed by atoms with E-state index in [-0.39, 0.29) is 0 Å². The summed E-state index contributed by atoms with van der Waals surface area (Å²) >= 11 is 0. The molecule has 0 amide bonds. The van der Waals surface area contributed by atoms with Crippen molar-refractivity contribution in [2.45, 2.75) is 0 Å². The monoisotopic (exact) mass is 712 g/mol. The minimum absolute atomic E-state index is 0.599. The van der Waals surface area contributed by atoms with Gasteiger partial charge in [-0.2, -0.15) is 0 Å². The summed E-state index contributed by atoms with van der Waals surface area (Å²) in [4.78, 5) is 20.1. The van der Waals surface area contributed by atoms with Gasteiger partial charge in [0.2, 0.25) is 0 Å². The maximum absolute atomic E-state index is 5.23. The van der Waals surface area contributed by atoms with Crippen molar-refractivity contribution in [2.75, 3.05) is 0 Å². The molecule has 4 heteroatoms. The minimum atomic E-state index is 0.599. The van der Waals surface area contributed by atoms with E-state index in [9.17, 15) is 0 Å². The Morgan fingerprint density at radius 1 is 0.268 bits per heavy atom. The van der Waals surface area contributed by atoms with Crippen LogP contribution in [0.3, 0.4) is 0 Å². The molecule has 0 aliphatic carbocycles. The lowest BCUT2D eigenvalue weighted by Crippen LogP contribution is -2.01. The third-order valence-electron chi connectivity index (χ3n) is 10.8. The fraction of sp³-hybridized carbons (Fsp3) is 0. The van der Waals surface area contributed by atoms with Crippen LogP contribution in [0.1, 0.15) is 0 Å². The summed E-state index contributed by atoms with van der Waals surface area (Å²) in [6, 6.07) is 66.7. The topological polar surface area (TPSA) is 51.6 Å². The van der Waals surface area contributed by atoms with Crippen molar-refractivity contribution in [3.05, 3.63) is 194 Å². The highest BCUT2D eigenvalue weighted by atomic mass is 15.0. The zero-order chi connectivity index (χ0) is 37.0. The highest BCUT2D eigenvalue weighted by Gasteiger charge is 2.17. The lowest BCUT2D eigenvalue weighted by Gasteiger charge is -2.15. The van der Waals surface area contributed by atoms with E-state index in [1.807, 2.05) is 42.6 Å². The van der Waals surface area contributed by atoms with Crippen LogP contribution in [0.4, 0.5) is 0 Å². The molecule has 0 aliphatic heterocycles. The summed E-state index contributed by atoms with van der Waals surface area (Å²) in [5.41, 5.74) is 8.10. The Hall–Kier alpha value is -7.56. The lowest BCUT2D eigenvalue weighted by atomic mass is 9.90. The average molecular weight is 713 g/mol. The summed E-state index contributed by atoms with van der Waals surface area (Å²) in [7, 11) is 0. The molecule has 0 fully saturated rings. The van der Waals surface area contributed by atoms with Crippen LogP contribution in [0.15, 0.2) is 194 Å². The molecule has 0 N–H and O–H groups in total. The molecule has 0 bridgehead atoms. The van der Waals surface area contributed by atoms with Gasteiger partial charge in [-0.3, -0.25) is 4.98 Å². The van der Waals surface area contributed by atoms with E-state index in [0.717, 1.165) is 49.8 Å². The Morgan fingerprint density at radius 2 is 0.750 bits per heavy atom. The second-order valence-corrected chi connectivity index (χ2v) is 14.3.